The van der Waals surface area contributed by atoms with Gasteiger partial charge in [-0.2, -0.15) is 5.10 Å². The molecule has 0 saturated carbocycles. The lowest BCUT2D eigenvalue weighted by Crippen LogP contribution is -2.56. The zero-order valence-electron chi connectivity index (χ0n) is 14.9. The van der Waals surface area contributed by atoms with Gasteiger partial charge in [0, 0.05) is 17.2 Å². The molecule has 0 aromatic carbocycles. The highest BCUT2D eigenvalue weighted by molar-refractivity contribution is 9.10. The summed E-state index contributed by atoms with van der Waals surface area (Å²) in [5.41, 5.74) is 6.10. The van der Waals surface area contributed by atoms with E-state index in [1.807, 2.05) is 13.8 Å². The summed E-state index contributed by atoms with van der Waals surface area (Å²) in [6.07, 6.45) is 4.81. The number of sulfonamides is 1. The number of rotatable bonds is 4. The molecule has 3 N–H and O–H groups in total. The average Bonchev–Trinajstić information content (AvgIpc) is 2.88. The summed E-state index contributed by atoms with van der Waals surface area (Å²) in [6, 6.07) is 1.41. The van der Waals surface area contributed by atoms with Gasteiger partial charge in [-0.15, -0.1) is 0 Å². The van der Waals surface area contributed by atoms with Gasteiger partial charge in [0.15, 0.2) is 0 Å². The van der Waals surface area contributed by atoms with Crippen LogP contribution in [0.1, 0.15) is 30.6 Å². The molecule has 0 radical (unpaired) electrons. The van der Waals surface area contributed by atoms with E-state index < -0.39 is 15.9 Å². The smallest absolute Gasteiger partial charge is 0.252 e. The Morgan fingerprint density at radius 3 is 2.77 bits per heavy atom. The molecule has 142 valence electrons. The first-order valence-electron chi connectivity index (χ1n) is 8.19. The van der Waals surface area contributed by atoms with Gasteiger partial charge < -0.3 is 11.1 Å². The van der Waals surface area contributed by atoms with Crippen molar-refractivity contribution in [1.82, 2.24) is 14.9 Å². The molecule has 0 aliphatic carbocycles. The fourth-order valence-electron chi connectivity index (χ4n) is 3.57. The standard InChI is InChI=1S/C16H22BrN5O3S/c1-16(2)9-19-5-4-13(16)22(26(3,24)25)14-11(15(18)23)7-20-21-8-10(17)6-12(14)21/h6-8,13,19H,4-5,9H2,1-3H3,(H2,18,23). The number of carbonyl (C=O) groups is 1. The summed E-state index contributed by atoms with van der Waals surface area (Å²) in [5, 5.41) is 7.49. The molecule has 1 atom stereocenters. The topological polar surface area (TPSA) is 110 Å². The van der Waals surface area contributed by atoms with Gasteiger partial charge in [0.05, 0.1) is 35.3 Å². The van der Waals surface area contributed by atoms with E-state index in [4.69, 9.17) is 5.73 Å². The maximum Gasteiger partial charge on any atom is 0.252 e. The van der Waals surface area contributed by atoms with Crippen LogP contribution in [0.4, 0.5) is 5.69 Å². The quantitative estimate of drug-likeness (QED) is 0.740. The van der Waals surface area contributed by atoms with Crippen LogP contribution < -0.4 is 15.4 Å². The number of fused-ring (bicyclic) bond motifs is 1. The molecule has 1 unspecified atom stereocenters. The van der Waals surface area contributed by atoms with Gasteiger partial charge in [-0.1, -0.05) is 13.8 Å². The van der Waals surface area contributed by atoms with Gasteiger partial charge >= 0.3 is 0 Å². The Morgan fingerprint density at radius 1 is 1.50 bits per heavy atom. The first-order valence-corrected chi connectivity index (χ1v) is 10.8. The number of aromatic nitrogens is 2. The molecule has 1 fully saturated rings. The maximum absolute atomic E-state index is 12.9. The molecule has 1 aliphatic rings. The van der Waals surface area contributed by atoms with Crippen molar-refractivity contribution in [3.63, 3.8) is 0 Å². The van der Waals surface area contributed by atoms with Crippen molar-refractivity contribution in [2.75, 3.05) is 23.7 Å². The number of anilines is 1. The fraction of sp³-hybridized carbons (Fsp3) is 0.500. The number of primary amides is 1. The van der Waals surface area contributed by atoms with Crippen molar-refractivity contribution in [2.24, 2.45) is 11.1 Å². The molecule has 3 rings (SSSR count). The van der Waals surface area contributed by atoms with Crippen molar-refractivity contribution in [3.8, 4) is 0 Å². The third-order valence-electron chi connectivity index (χ3n) is 4.78. The summed E-state index contributed by atoms with van der Waals surface area (Å²) in [4.78, 5) is 12.1. The van der Waals surface area contributed by atoms with Gasteiger partial charge in [-0.25, -0.2) is 12.9 Å². The maximum atomic E-state index is 12.9. The van der Waals surface area contributed by atoms with Crippen LogP contribution in [-0.2, 0) is 10.0 Å². The molecule has 1 amide bonds. The van der Waals surface area contributed by atoms with Crippen molar-refractivity contribution >= 4 is 43.1 Å². The molecule has 2 aromatic heterocycles. The molecule has 0 spiro atoms. The zero-order chi connectivity index (χ0) is 19.3. The van der Waals surface area contributed by atoms with Gasteiger partial charge in [-0.3, -0.25) is 9.10 Å². The number of piperidine rings is 1. The van der Waals surface area contributed by atoms with Crippen LogP contribution in [-0.4, -0.2) is 49.3 Å². The van der Waals surface area contributed by atoms with Crippen molar-refractivity contribution in [3.05, 3.63) is 28.5 Å². The number of nitrogens with zero attached hydrogens (tertiary/aromatic N) is 3. The molecular weight excluding hydrogens is 422 g/mol. The van der Waals surface area contributed by atoms with E-state index in [0.717, 1.165) is 10.7 Å². The molecule has 26 heavy (non-hydrogen) atoms. The lowest BCUT2D eigenvalue weighted by atomic mass is 9.79. The molecule has 2 aromatic rings. The largest absolute Gasteiger partial charge is 0.365 e. The lowest BCUT2D eigenvalue weighted by Gasteiger charge is -2.45. The van der Waals surface area contributed by atoms with Crippen LogP contribution in [0.2, 0.25) is 0 Å². The number of halogens is 1. The first kappa shape index (κ1) is 19.1. The van der Waals surface area contributed by atoms with Crippen molar-refractivity contribution in [1.29, 1.82) is 0 Å². The number of carbonyl (C=O) groups excluding carboxylic acids is 1. The average molecular weight is 444 g/mol. The second-order valence-corrected chi connectivity index (χ2v) is 10.1. The molecule has 1 aliphatic heterocycles. The third kappa shape index (κ3) is 3.33. The first-order chi connectivity index (χ1) is 12.0. The van der Waals surface area contributed by atoms with Gasteiger partial charge in [0.25, 0.3) is 5.91 Å². The summed E-state index contributed by atoms with van der Waals surface area (Å²) in [5.74, 6) is -0.715. The molecular formula is C16H22BrN5O3S. The third-order valence-corrected chi connectivity index (χ3v) is 6.36. The lowest BCUT2D eigenvalue weighted by molar-refractivity contribution is 0.1000. The summed E-state index contributed by atoms with van der Waals surface area (Å²) < 4.78 is 29.3. The number of hydrogen-bond acceptors (Lipinski definition) is 5. The Balaban J connectivity index is 2.34. The van der Waals surface area contributed by atoms with E-state index in [0.29, 0.717) is 25.0 Å². The van der Waals surface area contributed by atoms with E-state index in [1.54, 1.807) is 12.3 Å². The molecule has 0 bridgehead atoms. The Bertz CT molecular complexity index is 970. The van der Waals surface area contributed by atoms with E-state index in [1.165, 1.54) is 15.0 Å². The highest BCUT2D eigenvalue weighted by Crippen LogP contribution is 2.39. The SMILES string of the molecule is CC1(C)CNCCC1N(c1c(C(N)=O)cnn2cc(Br)cc12)S(C)(=O)=O. The highest BCUT2D eigenvalue weighted by Gasteiger charge is 2.42. The van der Waals surface area contributed by atoms with Crippen LogP contribution in [0.25, 0.3) is 5.52 Å². The minimum absolute atomic E-state index is 0.0860. The minimum atomic E-state index is -3.69. The monoisotopic (exact) mass is 443 g/mol. The highest BCUT2D eigenvalue weighted by atomic mass is 79.9. The summed E-state index contributed by atoms with van der Waals surface area (Å²) in [7, 11) is -3.69. The Labute approximate surface area is 160 Å². The number of hydrogen-bond donors (Lipinski definition) is 2. The zero-order valence-corrected chi connectivity index (χ0v) is 17.3. The predicted octanol–water partition coefficient (Wildman–Crippen LogP) is 1.35. The van der Waals surface area contributed by atoms with Crippen LogP contribution in [0, 0.1) is 5.41 Å². The minimum Gasteiger partial charge on any atom is -0.365 e. The van der Waals surface area contributed by atoms with Crippen LogP contribution >= 0.6 is 15.9 Å². The van der Waals surface area contributed by atoms with Crippen molar-refractivity contribution < 1.29 is 13.2 Å². The van der Waals surface area contributed by atoms with Crippen molar-refractivity contribution in [2.45, 2.75) is 26.3 Å². The van der Waals surface area contributed by atoms with Crippen LogP contribution in [0.3, 0.4) is 0 Å². The molecule has 8 nitrogen and oxygen atoms in total. The van der Waals surface area contributed by atoms with E-state index >= 15 is 0 Å². The number of nitrogens with two attached hydrogens (primary N) is 1. The predicted molar refractivity (Wildman–Crippen MR) is 104 cm³/mol. The summed E-state index contributed by atoms with van der Waals surface area (Å²) in [6.45, 7) is 5.39. The Hall–Kier alpha value is -1.65. The molecule has 1 saturated heterocycles. The summed E-state index contributed by atoms with van der Waals surface area (Å²) >= 11 is 3.38. The van der Waals surface area contributed by atoms with Gasteiger partial charge in [-0.05, 0) is 40.4 Å². The second kappa shape index (κ2) is 6.50. The fourth-order valence-corrected chi connectivity index (χ4v) is 5.36. The molecule has 3 heterocycles. The van der Waals surface area contributed by atoms with E-state index in [-0.39, 0.29) is 22.7 Å². The van der Waals surface area contributed by atoms with E-state index in [2.05, 4.69) is 26.3 Å². The molecule has 10 heteroatoms. The normalized spacial score (nSPS) is 20.2. The Kier molecular flexibility index (Phi) is 4.78. The number of nitrogens with one attached hydrogen (secondary N) is 1. The van der Waals surface area contributed by atoms with Crippen LogP contribution in [0.15, 0.2) is 22.9 Å². The van der Waals surface area contributed by atoms with Gasteiger partial charge in [0.1, 0.15) is 0 Å². The second-order valence-electron chi connectivity index (χ2n) is 7.29. The van der Waals surface area contributed by atoms with Crippen LogP contribution in [0.5, 0.6) is 0 Å². The van der Waals surface area contributed by atoms with E-state index in [9.17, 15) is 13.2 Å². The number of amides is 1. The van der Waals surface area contributed by atoms with Gasteiger partial charge in [0.2, 0.25) is 10.0 Å². The Morgan fingerprint density at radius 2 is 2.19 bits per heavy atom.